The smallest absolute Gasteiger partial charge is 0.227 e. The number of rotatable bonds is 1. The number of amides is 1. The second kappa shape index (κ2) is 4.07. The van der Waals surface area contributed by atoms with Crippen molar-refractivity contribution in [2.45, 2.75) is 31.3 Å². The first-order valence-corrected chi connectivity index (χ1v) is 7.46. The van der Waals surface area contributed by atoms with Crippen molar-refractivity contribution in [2.75, 3.05) is 13.1 Å². The first-order valence-electron chi connectivity index (χ1n) is 7.46. The molecule has 4 rings (SSSR count). The van der Waals surface area contributed by atoms with E-state index in [1.54, 1.807) is 0 Å². The van der Waals surface area contributed by atoms with Crippen LogP contribution in [0.2, 0.25) is 0 Å². The van der Waals surface area contributed by atoms with Gasteiger partial charge in [-0.05, 0) is 18.4 Å². The lowest BCUT2D eigenvalue weighted by molar-refractivity contribution is -0.133. The number of fused-ring (bicyclic) bond motifs is 3. The van der Waals surface area contributed by atoms with Gasteiger partial charge in [-0.25, -0.2) is 0 Å². The molecule has 0 bridgehead atoms. The van der Waals surface area contributed by atoms with Crippen molar-refractivity contribution in [3.63, 3.8) is 0 Å². The van der Waals surface area contributed by atoms with E-state index in [0.29, 0.717) is 11.8 Å². The van der Waals surface area contributed by atoms with Gasteiger partial charge in [0.15, 0.2) is 0 Å². The molecule has 0 radical (unpaired) electrons. The molecule has 1 aromatic rings. The molecule has 0 aromatic heterocycles. The average molecular weight is 256 g/mol. The van der Waals surface area contributed by atoms with Crippen molar-refractivity contribution in [3.8, 4) is 0 Å². The van der Waals surface area contributed by atoms with E-state index >= 15 is 0 Å². The van der Waals surface area contributed by atoms with Gasteiger partial charge < -0.3 is 4.90 Å². The highest BCUT2D eigenvalue weighted by Crippen LogP contribution is 2.52. The monoisotopic (exact) mass is 256 g/mol. The van der Waals surface area contributed by atoms with E-state index in [9.17, 15) is 4.79 Å². The summed E-state index contributed by atoms with van der Waals surface area (Å²) in [5.41, 5.74) is 1.07. The van der Waals surface area contributed by atoms with Gasteiger partial charge in [-0.2, -0.15) is 0 Å². The fourth-order valence-electron chi connectivity index (χ4n) is 4.54. The minimum absolute atomic E-state index is 0.205. The van der Waals surface area contributed by atoms with E-state index in [4.69, 9.17) is 0 Å². The van der Waals surface area contributed by atoms with Gasteiger partial charge in [0.05, 0.1) is 0 Å². The zero-order valence-corrected chi connectivity index (χ0v) is 11.1. The molecule has 1 saturated carbocycles. The summed E-state index contributed by atoms with van der Waals surface area (Å²) in [7, 11) is 0. The van der Waals surface area contributed by atoms with E-state index in [1.807, 2.05) is 0 Å². The molecule has 0 spiro atoms. The second-order valence-electron chi connectivity index (χ2n) is 6.05. The molecule has 100 valence electrons. The van der Waals surface area contributed by atoms with Crippen molar-refractivity contribution in [1.82, 2.24) is 10.2 Å². The van der Waals surface area contributed by atoms with Crippen LogP contribution >= 0.6 is 0 Å². The maximum absolute atomic E-state index is 12.7. The summed E-state index contributed by atoms with van der Waals surface area (Å²) in [5, 5.41) is 3.68. The number of nitrogens with one attached hydrogen (secondary N) is 1. The van der Waals surface area contributed by atoms with Crippen molar-refractivity contribution in [3.05, 3.63) is 35.9 Å². The molecule has 3 unspecified atom stereocenters. The van der Waals surface area contributed by atoms with Crippen molar-refractivity contribution >= 4 is 5.91 Å². The normalized spacial score (nSPS) is 37.3. The highest BCUT2D eigenvalue weighted by Gasteiger charge is 2.61. The first-order chi connectivity index (χ1) is 9.34. The van der Waals surface area contributed by atoms with Gasteiger partial charge in [0.2, 0.25) is 5.91 Å². The van der Waals surface area contributed by atoms with Gasteiger partial charge in [-0.1, -0.05) is 43.2 Å². The number of hydrogen-bond donors (Lipinski definition) is 1. The maximum atomic E-state index is 12.7. The Labute approximate surface area is 114 Å². The predicted molar refractivity (Wildman–Crippen MR) is 73.3 cm³/mol. The van der Waals surface area contributed by atoms with Crippen LogP contribution in [0.5, 0.6) is 0 Å². The van der Waals surface area contributed by atoms with Gasteiger partial charge >= 0.3 is 0 Å². The minimum Gasteiger partial charge on any atom is -0.318 e. The Kier molecular flexibility index (Phi) is 2.46. The van der Waals surface area contributed by atoms with Gasteiger partial charge in [0.25, 0.3) is 0 Å². The summed E-state index contributed by atoms with van der Waals surface area (Å²) in [4.78, 5) is 14.8. The molecule has 3 nitrogen and oxygen atoms in total. The molecule has 1 aromatic carbocycles. The van der Waals surface area contributed by atoms with Crippen LogP contribution in [0.25, 0.3) is 0 Å². The Bertz CT molecular complexity index is 501. The summed E-state index contributed by atoms with van der Waals surface area (Å²) in [5.74, 6) is 1.10. The summed E-state index contributed by atoms with van der Waals surface area (Å²) < 4.78 is 0. The average Bonchev–Trinajstić information content (AvgIpc) is 3.01. The van der Waals surface area contributed by atoms with Crippen LogP contribution in [0.15, 0.2) is 30.3 Å². The van der Waals surface area contributed by atoms with Crippen molar-refractivity contribution < 1.29 is 4.79 Å². The molecule has 3 fully saturated rings. The second-order valence-corrected chi connectivity index (χ2v) is 6.05. The van der Waals surface area contributed by atoms with Gasteiger partial charge in [0.1, 0.15) is 5.66 Å². The topological polar surface area (TPSA) is 32.3 Å². The third-order valence-corrected chi connectivity index (χ3v) is 5.26. The minimum atomic E-state index is -0.205. The summed E-state index contributed by atoms with van der Waals surface area (Å²) in [6, 6.07) is 10.6. The Morgan fingerprint density at radius 2 is 1.95 bits per heavy atom. The van der Waals surface area contributed by atoms with Crippen LogP contribution in [0, 0.1) is 11.8 Å². The lowest BCUT2D eigenvalue weighted by Crippen LogP contribution is -2.50. The van der Waals surface area contributed by atoms with Crippen molar-refractivity contribution in [2.24, 2.45) is 11.8 Å². The van der Waals surface area contributed by atoms with E-state index in [1.165, 1.54) is 24.8 Å². The van der Waals surface area contributed by atoms with Gasteiger partial charge in [-0.15, -0.1) is 0 Å². The maximum Gasteiger partial charge on any atom is 0.227 e. The zero-order valence-electron chi connectivity index (χ0n) is 11.1. The van der Waals surface area contributed by atoms with E-state index in [0.717, 1.165) is 19.5 Å². The molecule has 2 heterocycles. The van der Waals surface area contributed by atoms with E-state index < -0.39 is 0 Å². The quantitative estimate of drug-likeness (QED) is 0.834. The Morgan fingerprint density at radius 3 is 2.79 bits per heavy atom. The SMILES string of the molecule is O=C1C2CCCCC2C2(c3ccccc3)NCCN12. The van der Waals surface area contributed by atoms with Gasteiger partial charge in [0, 0.05) is 24.9 Å². The van der Waals surface area contributed by atoms with Crippen LogP contribution in [0.3, 0.4) is 0 Å². The molecular formula is C16H20N2O. The molecule has 2 aliphatic heterocycles. The summed E-state index contributed by atoms with van der Waals surface area (Å²) in [6.07, 6.45) is 4.73. The van der Waals surface area contributed by atoms with Crippen LogP contribution in [0.4, 0.5) is 0 Å². The van der Waals surface area contributed by atoms with Crippen LogP contribution in [0.1, 0.15) is 31.2 Å². The predicted octanol–water partition coefficient (Wildman–Crippen LogP) is 2.09. The zero-order chi connectivity index (χ0) is 12.9. The molecule has 3 heteroatoms. The van der Waals surface area contributed by atoms with Gasteiger partial charge in [-0.3, -0.25) is 10.1 Å². The fraction of sp³-hybridized carbons (Fsp3) is 0.562. The number of benzene rings is 1. The molecule has 1 aliphatic carbocycles. The van der Waals surface area contributed by atoms with Crippen LogP contribution < -0.4 is 5.32 Å². The summed E-state index contributed by atoms with van der Waals surface area (Å²) in [6.45, 7) is 1.78. The van der Waals surface area contributed by atoms with Crippen LogP contribution in [-0.2, 0) is 10.5 Å². The lowest BCUT2D eigenvalue weighted by Gasteiger charge is -2.39. The molecule has 3 aliphatic rings. The Morgan fingerprint density at radius 1 is 1.16 bits per heavy atom. The number of hydrogen-bond acceptors (Lipinski definition) is 2. The fourth-order valence-corrected chi connectivity index (χ4v) is 4.54. The van der Waals surface area contributed by atoms with Crippen LogP contribution in [-0.4, -0.2) is 23.9 Å². The first kappa shape index (κ1) is 11.5. The molecule has 19 heavy (non-hydrogen) atoms. The molecule has 3 atom stereocenters. The Hall–Kier alpha value is -1.35. The third kappa shape index (κ3) is 1.39. The molecule has 1 N–H and O–H groups in total. The highest BCUT2D eigenvalue weighted by atomic mass is 16.2. The number of carbonyl (C=O) groups is 1. The third-order valence-electron chi connectivity index (χ3n) is 5.26. The number of carbonyl (C=O) groups excluding carboxylic acids is 1. The molecular weight excluding hydrogens is 236 g/mol. The lowest BCUT2D eigenvalue weighted by atomic mass is 9.73. The Balaban J connectivity index is 1.85. The number of nitrogens with zero attached hydrogens (tertiary/aromatic N) is 1. The highest BCUT2D eigenvalue weighted by molar-refractivity contribution is 5.84. The van der Waals surface area contributed by atoms with E-state index in [-0.39, 0.29) is 11.6 Å². The summed E-state index contributed by atoms with van der Waals surface area (Å²) >= 11 is 0. The standard InChI is InChI=1S/C16H20N2O/c19-15-13-8-4-5-9-14(13)16(17-10-11-18(15)16)12-6-2-1-3-7-12/h1-3,6-7,13-14,17H,4-5,8-11H2. The van der Waals surface area contributed by atoms with Crippen molar-refractivity contribution in [1.29, 1.82) is 0 Å². The largest absolute Gasteiger partial charge is 0.318 e. The van der Waals surface area contributed by atoms with E-state index in [2.05, 4.69) is 40.5 Å². The molecule has 2 saturated heterocycles. The molecule has 1 amide bonds.